The van der Waals surface area contributed by atoms with Gasteiger partial charge in [0, 0.05) is 9.52 Å². The third kappa shape index (κ3) is 11.3. The molecule has 0 spiro atoms. The Morgan fingerprint density at radius 3 is 1.92 bits per heavy atom. The molecule has 1 radical (unpaired) electrons. The molecule has 0 N–H and O–H groups in total. The minimum atomic E-state index is 0. The summed E-state index contributed by atoms with van der Waals surface area (Å²) in [5.74, 6) is 0.560. The molecule has 1 aliphatic heterocycles. The maximum atomic E-state index is 3.36. The van der Waals surface area contributed by atoms with Gasteiger partial charge in [-0.15, -0.1) is 13.3 Å². The molecule has 0 aromatic heterocycles. The Kier molecular flexibility index (Phi) is 20.9. The predicted octanol–water partition coefficient (Wildman–Crippen LogP) is -0.133. The van der Waals surface area contributed by atoms with E-state index in [2.05, 4.69) is 58.9 Å². The first-order valence-corrected chi connectivity index (χ1v) is 10.0. The summed E-state index contributed by atoms with van der Waals surface area (Å²) in [7, 11) is 0.963. The molecule has 0 amide bonds. The topological polar surface area (TPSA) is 0 Å². The molecule has 1 atom stereocenters. The Hall–Kier alpha value is 0.640. The summed E-state index contributed by atoms with van der Waals surface area (Å²) in [5.41, 5.74) is 5.64. The number of halogens is 2. The number of hydrogen-bond acceptors (Lipinski definition) is 0. The molecule has 0 nitrogen and oxygen atoms in total. The van der Waals surface area contributed by atoms with Crippen LogP contribution in [0.5, 0.6) is 0 Å². The summed E-state index contributed by atoms with van der Waals surface area (Å²) >= 11 is 0. The molecule has 1 saturated heterocycles. The molecule has 0 aromatic rings. The van der Waals surface area contributed by atoms with Crippen LogP contribution < -0.4 is 24.8 Å². The minimum absolute atomic E-state index is 0. The summed E-state index contributed by atoms with van der Waals surface area (Å²) in [6.45, 7) is 10.9. The van der Waals surface area contributed by atoms with E-state index in [0.29, 0.717) is 5.92 Å². The van der Waals surface area contributed by atoms with Crippen molar-refractivity contribution >= 4 is 9.52 Å². The Labute approximate surface area is 184 Å². The molecule has 0 bridgehead atoms. The van der Waals surface area contributed by atoms with E-state index in [1.54, 1.807) is 12.1 Å². The van der Waals surface area contributed by atoms with Crippen LogP contribution in [-0.2, 0) is 26.2 Å². The average Bonchev–Trinajstić information content (AvgIpc) is 2.95. The second-order valence-corrected chi connectivity index (χ2v) is 7.81. The predicted molar refractivity (Wildman–Crippen MR) is 96.8 cm³/mol. The molecule has 2 aliphatic carbocycles. The number of rotatable bonds is 2. The molecule has 1 unspecified atom stereocenters. The zero-order valence-electron chi connectivity index (χ0n) is 15.8. The normalized spacial score (nSPS) is 19.8. The van der Waals surface area contributed by atoms with Crippen molar-refractivity contribution in [2.75, 3.05) is 0 Å². The second-order valence-electron chi connectivity index (χ2n) is 6.08. The van der Waals surface area contributed by atoms with E-state index in [1.807, 2.05) is 0 Å². The van der Waals surface area contributed by atoms with Gasteiger partial charge in [0.25, 0.3) is 0 Å². The summed E-state index contributed by atoms with van der Waals surface area (Å²) in [6, 6.07) is 3.17. The number of hydrogen-bond donors (Lipinski definition) is 0. The van der Waals surface area contributed by atoms with Crippen molar-refractivity contribution in [2.45, 2.75) is 72.4 Å². The van der Waals surface area contributed by atoms with Gasteiger partial charge in [-0.25, -0.2) is 17.2 Å². The van der Waals surface area contributed by atoms with Gasteiger partial charge in [-0.1, -0.05) is 65.0 Å². The Balaban J connectivity index is -0.000000273. The third-order valence-electron chi connectivity index (χ3n) is 4.34. The van der Waals surface area contributed by atoms with Crippen LogP contribution in [0, 0.1) is 18.1 Å². The van der Waals surface area contributed by atoms with Crippen molar-refractivity contribution in [2.24, 2.45) is 5.92 Å². The molecular formula is C20H31Cl2SiZr. The van der Waals surface area contributed by atoms with Crippen LogP contribution in [0.2, 0.25) is 12.1 Å². The average molecular weight is 462 g/mol. The molecule has 0 aromatic carbocycles. The summed E-state index contributed by atoms with van der Waals surface area (Å²) in [4.78, 5) is 0. The fourth-order valence-electron chi connectivity index (χ4n) is 2.26. The van der Waals surface area contributed by atoms with Crippen LogP contribution in [0.25, 0.3) is 0 Å². The van der Waals surface area contributed by atoms with E-state index in [9.17, 15) is 0 Å². The van der Waals surface area contributed by atoms with Crippen LogP contribution in [0.1, 0.15) is 60.3 Å². The summed E-state index contributed by atoms with van der Waals surface area (Å²) in [5, 5.41) is 0. The van der Waals surface area contributed by atoms with Crippen LogP contribution in [0.15, 0.2) is 34.4 Å². The van der Waals surface area contributed by atoms with E-state index in [4.69, 9.17) is 0 Å². The zero-order valence-corrected chi connectivity index (χ0v) is 20.9. The molecule has 1 fully saturated rings. The van der Waals surface area contributed by atoms with Crippen molar-refractivity contribution in [1.82, 2.24) is 0 Å². The molecule has 24 heavy (non-hydrogen) atoms. The van der Waals surface area contributed by atoms with Crippen molar-refractivity contribution in [3.05, 3.63) is 46.6 Å². The zero-order chi connectivity index (χ0) is 15.7. The Morgan fingerprint density at radius 2 is 1.71 bits per heavy atom. The molecule has 0 saturated carbocycles. The van der Waals surface area contributed by atoms with Gasteiger partial charge in [0.2, 0.25) is 0 Å². The van der Waals surface area contributed by atoms with Crippen LogP contribution in [-0.4, -0.2) is 9.52 Å². The Bertz CT molecular complexity index is 443. The molecule has 3 rings (SSSR count). The monoisotopic (exact) mass is 459 g/mol. The van der Waals surface area contributed by atoms with Crippen molar-refractivity contribution in [3.63, 3.8) is 0 Å². The standard InChI is InChI=1S/C9H13.C8H11.C3H7Si.2ClH.Zr/c1-6-5-7(2)9(4)8(6)3;1-2-5-8-6-3-4-7-8;1-2-4-3-1;;;/h6H,1-4H3;3,6H,2,4-5H2,1H3;4H,1-3H2;2*1H;/q2*-1;;;;+4/p-2. The van der Waals surface area contributed by atoms with Gasteiger partial charge in [-0.3, -0.25) is 12.2 Å². The second kappa shape index (κ2) is 17.1. The van der Waals surface area contributed by atoms with Crippen molar-refractivity contribution in [1.29, 1.82) is 0 Å². The fraction of sp³-hybridized carbons (Fsp3) is 0.600. The Morgan fingerprint density at radius 1 is 1.17 bits per heavy atom. The molecule has 4 heteroatoms. The van der Waals surface area contributed by atoms with Gasteiger partial charge in [0.15, 0.2) is 0 Å². The van der Waals surface area contributed by atoms with Gasteiger partial charge < -0.3 is 24.8 Å². The molecule has 1 heterocycles. The van der Waals surface area contributed by atoms with Gasteiger partial charge in [0.1, 0.15) is 0 Å². The fourth-order valence-corrected chi connectivity index (χ4v) is 2.67. The SMILES string of the molecule is C1C[SiH]C1.CC1=[C-]C(C)C(C)=C1C.CCCC1=[C-]CC=C1.[Cl-].[Cl-].[Zr+4]. The van der Waals surface area contributed by atoms with E-state index in [-0.39, 0.29) is 51.0 Å². The van der Waals surface area contributed by atoms with Gasteiger partial charge in [-0.2, -0.15) is 17.2 Å². The van der Waals surface area contributed by atoms with Gasteiger partial charge in [-0.05, 0) is 0 Å². The molecular weight excluding hydrogens is 430 g/mol. The van der Waals surface area contributed by atoms with E-state index in [1.165, 1.54) is 41.6 Å². The first kappa shape index (κ1) is 29.4. The molecule has 133 valence electrons. The molecule has 3 aliphatic rings. The summed E-state index contributed by atoms with van der Waals surface area (Å²) < 4.78 is 0. The van der Waals surface area contributed by atoms with E-state index < -0.39 is 0 Å². The first-order valence-electron chi connectivity index (χ1n) is 8.42. The minimum Gasteiger partial charge on any atom is -1.00 e. The van der Waals surface area contributed by atoms with E-state index in [0.717, 1.165) is 15.9 Å². The van der Waals surface area contributed by atoms with Crippen LogP contribution in [0.4, 0.5) is 0 Å². The number of allylic oxidation sites excluding steroid dienone is 8. The van der Waals surface area contributed by atoms with Gasteiger partial charge >= 0.3 is 26.2 Å². The first-order chi connectivity index (χ1) is 10.1. The smallest absolute Gasteiger partial charge is 1.00 e. The maximum Gasteiger partial charge on any atom is 4.00 e. The van der Waals surface area contributed by atoms with Crippen molar-refractivity contribution < 1.29 is 51.0 Å². The van der Waals surface area contributed by atoms with Crippen molar-refractivity contribution in [3.8, 4) is 0 Å². The summed E-state index contributed by atoms with van der Waals surface area (Å²) in [6.07, 6.45) is 16.0. The quantitative estimate of drug-likeness (QED) is 0.397. The maximum absolute atomic E-state index is 3.36. The van der Waals surface area contributed by atoms with Gasteiger partial charge in [0.05, 0.1) is 0 Å². The van der Waals surface area contributed by atoms with Crippen LogP contribution >= 0.6 is 0 Å². The van der Waals surface area contributed by atoms with E-state index >= 15 is 0 Å². The third-order valence-corrected chi connectivity index (χ3v) is 5.97. The largest absolute Gasteiger partial charge is 4.00 e. The van der Waals surface area contributed by atoms with Crippen LogP contribution in [0.3, 0.4) is 0 Å².